The fraction of sp³-hybridized carbons (Fsp3) is 0.0714. The predicted octanol–water partition coefficient (Wildman–Crippen LogP) is 3.99. The largest absolute Gasteiger partial charge is 0.317 e. The average Bonchev–Trinajstić information content (AvgIpc) is 2.82. The second kappa shape index (κ2) is 4.41. The Balaban J connectivity index is 1.95. The molecular weight excluding hydrogens is 224 g/mol. The number of aryl methyl sites for hydroxylation is 1. The van der Waals surface area contributed by atoms with Crippen LogP contribution >= 0.6 is 0 Å². The van der Waals surface area contributed by atoms with Gasteiger partial charge >= 0.3 is 0 Å². The topological polar surface area (TPSA) is 42.5 Å². The van der Waals surface area contributed by atoms with Gasteiger partial charge in [-0.15, -0.1) is 10.2 Å². The highest BCUT2D eigenvalue weighted by molar-refractivity contribution is 5.85. The van der Waals surface area contributed by atoms with Crippen LogP contribution in [0, 0.1) is 0 Å². The molecule has 0 aliphatic heterocycles. The van der Waals surface area contributed by atoms with Crippen molar-refractivity contribution >= 4 is 22.4 Å². The number of fused-ring (bicyclic) bond motifs is 1. The van der Waals surface area contributed by atoms with E-state index >= 15 is 0 Å². The number of rotatable bonds is 2. The zero-order valence-electron chi connectivity index (χ0n) is 9.99. The smallest absolute Gasteiger partial charge is 0.249 e. The maximum Gasteiger partial charge on any atom is 0.249 e. The summed E-state index contributed by atoms with van der Waals surface area (Å²) in [6, 6.07) is 14.2. The molecule has 0 saturated heterocycles. The van der Waals surface area contributed by atoms with Crippen LogP contribution in [-0.4, -0.2) is 9.55 Å². The van der Waals surface area contributed by atoms with Crippen LogP contribution in [0.5, 0.6) is 0 Å². The molecule has 2 aromatic carbocycles. The molecule has 0 atom stereocenters. The van der Waals surface area contributed by atoms with Gasteiger partial charge in [0.25, 0.3) is 0 Å². The van der Waals surface area contributed by atoms with Crippen LogP contribution in [0.15, 0.2) is 65.1 Å². The van der Waals surface area contributed by atoms with Gasteiger partial charge in [0.15, 0.2) is 0 Å². The molecule has 0 aliphatic carbocycles. The first kappa shape index (κ1) is 10.7. The quantitative estimate of drug-likeness (QED) is 0.620. The molecule has 0 fully saturated rings. The van der Waals surface area contributed by atoms with Crippen molar-refractivity contribution in [3.63, 3.8) is 0 Å². The minimum Gasteiger partial charge on any atom is -0.317 e. The van der Waals surface area contributed by atoms with Gasteiger partial charge in [0.2, 0.25) is 5.95 Å². The minimum absolute atomic E-state index is 0.600. The monoisotopic (exact) mass is 236 g/mol. The number of benzene rings is 2. The van der Waals surface area contributed by atoms with E-state index in [-0.39, 0.29) is 0 Å². The molecule has 4 nitrogen and oxygen atoms in total. The van der Waals surface area contributed by atoms with E-state index in [2.05, 4.69) is 27.3 Å². The third-order valence-electron chi connectivity index (χ3n) is 2.78. The molecule has 0 bridgehead atoms. The summed E-state index contributed by atoms with van der Waals surface area (Å²) in [5.41, 5.74) is 0.830. The van der Waals surface area contributed by atoms with E-state index in [1.54, 1.807) is 6.20 Å². The Morgan fingerprint density at radius 1 is 1.00 bits per heavy atom. The Kier molecular flexibility index (Phi) is 2.61. The lowest BCUT2D eigenvalue weighted by Gasteiger charge is -1.98. The van der Waals surface area contributed by atoms with Crippen LogP contribution in [0.25, 0.3) is 10.8 Å². The van der Waals surface area contributed by atoms with Gasteiger partial charge in [-0.05, 0) is 22.9 Å². The molecule has 0 amide bonds. The first-order chi connectivity index (χ1) is 8.83. The lowest BCUT2D eigenvalue weighted by molar-refractivity contribution is 0.893. The van der Waals surface area contributed by atoms with E-state index in [1.807, 2.05) is 48.1 Å². The second-order valence-corrected chi connectivity index (χ2v) is 4.07. The van der Waals surface area contributed by atoms with E-state index in [4.69, 9.17) is 0 Å². The summed E-state index contributed by atoms with van der Waals surface area (Å²) in [5, 5.41) is 10.7. The van der Waals surface area contributed by atoms with Gasteiger partial charge in [0, 0.05) is 19.4 Å². The van der Waals surface area contributed by atoms with E-state index in [1.165, 1.54) is 5.39 Å². The number of aromatic nitrogens is 2. The molecule has 1 aromatic heterocycles. The minimum atomic E-state index is 0.600. The fourth-order valence-electron chi connectivity index (χ4n) is 1.80. The zero-order chi connectivity index (χ0) is 12.4. The van der Waals surface area contributed by atoms with E-state index in [0.717, 1.165) is 11.1 Å². The van der Waals surface area contributed by atoms with Gasteiger partial charge in [-0.1, -0.05) is 30.3 Å². The molecule has 88 valence electrons. The Bertz CT molecular complexity index is 712. The predicted molar refractivity (Wildman–Crippen MR) is 71.3 cm³/mol. The van der Waals surface area contributed by atoms with Crippen molar-refractivity contribution in [3.05, 3.63) is 54.9 Å². The molecule has 0 N–H and O–H groups in total. The Morgan fingerprint density at radius 3 is 2.61 bits per heavy atom. The molecule has 3 aromatic rings. The average molecular weight is 236 g/mol. The molecule has 0 aliphatic rings. The molecule has 0 unspecified atom stereocenters. The normalized spacial score (nSPS) is 11.4. The molecule has 4 heteroatoms. The van der Waals surface area contributed by atoms with Crippen molar-refractivity contribution in [1.29, 1.82) is 0 Å². The Hall–Kier alpha value is -2.49. The van der Waals surface area contributed by atoms with Gasteiger partial charge < -0.3 is 4.57 Å². The highest BCUT2D eigenvalue weighted by atomic mass is 15.2. The van der Waals surface area contributed by atoms with Crippen molar-refractivity contribution in [2.24, 2.45) is 17.3 Å². The first-order valence-corrected chi connectivity index (χ1v) is 5.71. The maximum absolute atomic E-state index is 4.20. The van der Waals surface area contributed by atoms with Crippen molar-refractivity contribution in [3.8, 4) is 0 Å². The molecule has 0 radical (unpaired) electrons. The van der Waals surface area contributed by atoms with Crippen LogP contribution in [0.4, 0.5) is 11.6 Å². The van der Waals surface area contributed by atoms with Crippen molar-refractivity contribution in [1.82, 2.24) is 9.55 Å². The van der Waals surface area contributed by atoms with Gasteiger partial charge in [-0.3, -0.25) is 0 Å². The SMILES string of the molecule is Cn1ccnc1N=Nc1ccc2ccccc2c1. The maximum atomic E-state index is 4.20. The van der Waals surface area contributed by atoms with Crippen LogP contribution in [0.3, 0.4) is 0 Å². The fourth-order valence-corrected chi connectivity index (χ4v) is 1.80. The van der Waals surface area contributed by atoms with Crippen LogP contribution in [-0.2, 0) is 7.05 Å². The molecule has 18 heavy (non-hydrogen) atoms. The Morgan fingerprint density at radius 2 is 1.83 bits per heavy atom. The first-order valence-electron chi connectivity index (χ1n) is 5.71. The summed E-state index contributed by atoms with van der Waals surface area (Å²) in [5.74, 6) is 0.600. The van der Waals surface area contributed by atoms with E-state index in [9.17, 15) is 0 Å². The van der Waals surface area contributed by atoms with Crippen LogP contribution < -0.4 is 0 Å². The molecule has 0 spiro atoms. The summed E-state index contributed by atoms with van der Waals surface area (Å²) in [6.45, 7) is 0. The number of hydrogen-bond donors (Lipinski definition) is 0. The number of imidazole rings is 1. The van der Waals surface area contributed by atoms with Crippen molar-refractivity contribution < 1.29 is 0 Å². The number of hydrogen-bond acceptors (Lipinski definition) is 3. The third kappa shape index (κ3) is 2.00. The third-order valence-corrected chi connectivity index (χ3v) is 2.78. The summed E-state index contributed by atoms with van der Waals surface area (Å²) >= 11 is 0. The van der Waals surface area contributed by atoms with E-state index in [0.29, 0.717) is 5.95 Å². The summed E-state index contributed by atoms with van der Waals surface area (Å²) in [7, 11) is 1.89. The second-order valence-electron chi connectivity index (χ2n) is 4.07. The molecule has 1 heterocycles. The summed E-state index contributed by atoms with van der Waals surface area (Å²) < 4.78 is 1.82. The van der Waals surface area contributed by atoms with E-state index < -0.39 is 0 Å². The molecule has 0 saturated carbocycles. The van der Waals surface area contributed by atoms with Gasteiger partial charge in [-0.2, -0.15) is 0 Å². The summed E-state index contributed by atoms with van der Waals surface area (Å²) in [6.07, 6.45) is 3.55. The van der Waals surface area contributed by atoms with Crippen LogP contribution in [0.1, 0.15) is 0 Å². The molecular formula is C14H12N4. The number of azo groups is 1. The summed E-state index contributed by atoms with van der Waals surface area (Å²) in [4.78, 5) is 4.10. The van der Waals surface area contributed by atoms with Crippen LogP contribution in [0.2, 0.25) is 0 Å². The lowest BCUT2D eigenvalue weighted by atomic mass is 10.1. The van der Waals surface area contributed by atoms with Gasteiger partial charge in [-0.25, -0.2) is 4.98 Å². The highest BCUT2D eigenvalue weighted by Crippen LogP contribution is 2.22. The highest BCUT2D eigenvalue weighted by Gasteiger charge is 1.97. The number of nitrogens with zero attached hydrogens (tertiary/aromatic N) is 4. The van der Waals surface area contributed by atoms with Crippen molar-refractivity contribution in [2.75, 3.05) is 0 Å². The van der Waals surface area contributed by atoms with Gasteiger partial charge in [0.1, 0.15) is 0 Å². The zero-order valence-corrected chi connectivity index (χ0v) is 9.99. The standard InChI is InChI=1S/C14H12N4/c1-18-9-8-15-14(18)17-16-13-7-6-11-4-2-3-5-12(11)10-13/h2-10H,1H3. The van der Waals surface area contributed by atoms with Crippen molar-refractivity contribution in [2.45, 2.75) is 0 Å². The van der Waals surface area contributed by atoms with Gasteiger partial charge in [0.05, 0.1) is 5.69 Å². The molecule has 3 rings (SSSR count). The Labute approximate surface area is 105 Å². The lowest BCUT2D eigenvalue weighted by Crippen LogP contribution is -1.82.